The van der Waals surface area contributed by atoms with E-state index in [4.69, 9.17) is 0 Å². The fourth-order valence-corrected chi connectivity index (χ4v) is 3.52. The Morgan fingerprint density at radius 1 is 1.15 bits per heavy atom. The summed E-state index contributed by atoms with van der Waals surface area (Å²) in [5.41, 5.74) is 0.928. The van der Waals surface area contributed by atoms with Crippen molar-refractivity contribution in [3.63, 3.8) is 0 Å². The number of nitrogens with zero attached hydrogens (tertiary/aromatic N) is 2. The molecule has 0 atom stereocenters. The van der Waals surface area contributed by atoms with Crippen LogP contribution in [-0.2, 0) is 17.5 Å². The van der Waals surface area contributed by atoms with Crippen molar-refractivity contribution in [1.29, 1.82) is 0 Å². The van der Waals surface area contributed by atoms with Crippen molar-refractivity contribution in [2.24, 2.45) is 0 Å². The van der Waals surface area contributed by atoms with Crippen LogP contribution in [-0.4, -0.2) is 41.9 Å². The minimum Gasteiger partial charge on any atom is -0.337 e. The highest BCUT2D eigenvalue weighted by molar-refractivity contribution is 7.07. The molecule has 3 rings (SSSR count). The lowest BCUT2D eigenvalue weighted by Gasteiger charge is -2.34. The molecule has 2 heterocycles. The van der Waals surface area contributed by atoms with Gasteiger partial charge < -0.3 is 4.90 Å². The lowest BCUT2D eigenvalue weighted by atomic mass is 10.1. The average molecular weight is 380 g/mol. The second-order valence-corrected chi connectivity index (χ2v) is 6.97. The zero-order valence-corrected chi connectivity index (χ0v) is 14.9. The predicted octanol–water partition coefficient (Wildman–Crippen LogP) is 4.12. The summed E-state index contributed by atoms with van der Waals surface area (Å²) in [5, 5.41) is 4.17. The number of hydrogen-bond donors (Lipinski definition) is 0. The highest BCUT2D eigenvalue weighted by Gasteiger charge is 2.30. The Morgan fingerprint density at radius 3 is 2.58 bits per heavy atom. The zero-order chi connectivity index (χ0) is 18.6. The molecular formula is C19H19F3N2OS. The Balaban J connectivity index is 1.53. The number of rotatable bonds is 4. The Kier molecular flexibility index (Phi) is 5.78. The van der Waals surface area contributed by atoms with Crippen LogP contribution in [0.1, 0.15) is 16.7 Å². The summed E-state index contributed by atoms with van der Waals surface area (Å²) in [6, 6.07) is 7.06. The van der Waals surface area contributed by atoms with Gasteiger partial charge in [-0.3, -0.25) is 9.69 Å². The van der Waals surface area contributed by atoms with Crippen molar-refractivity contribution in [1.82, 2.24) is 9.80 Å². The molecule has 3 nitrogen and oxygen atoms in total. The predicted molar refractivity (Wildman–Crippen MR) is 96.7 cm³/mol. The van der Waals surface area contributed by atoms with Crippen molar-refractivity contribution in [3.8, 4) is 0 Å². The lowest BCUT2D eigenvalue weighted by Crippen LogP contribution is -2.47. The number of hydrogen-bond acceptors (Lipinski definition) is 3. The third-order valence-corrected chi connectivity index (χ3v) is 5.03. The van der Waals surface area contributed by atoms with Crippen LogP contribution >= 0.6 is 11.3 Å². The molecule has 0 saturated carbocycles. The number of carbonyl (C=O) groups excluding carboxylic acids is 1. The zero-order valence-electron chi connectivity index (χ0n) is 14.1. The number of thiophene rings is 1. The van der Waals surface area contributed by atoms with Gasteiger partial charge in [0.15, 0.2) is 0 Å². The molecule has 1 aliphatic heterocycles. The molecule has 0 N–H and O–H groups in total. The molecule has 1 aromatic heterocycles. The molecule has 7 heteroatoms. The van der Waals surface area contributed by atoms with Crippen LogP contribution in [0.25, 0.3) is 6.08 Å². The first kappa shape index (κ1) is 18.7. The molecule has 1 saturated heterocycles. The molecular weight excluding hydrogens is 361 g/mol. The van der Waals surface area contributed by atoms with Crippen LogP contribution in [0.3, 0.4) is 0 Å². The highest BCUT2D eigenvalue weighted by Crippen LogP contribution is 2.29. The van der Waals surface area contributed by atoms with E-state index in [1.165, 1.54) is 23.8 Å². The second kappa shape index (κ2) is 8.05. The summed E-state index contributed by atoms with van der Waals surface area (Å²) in [6.45, 7) is 3.70. The van der Waals surface area contributed by atoms with E-state index in [0.29, 0.717) is 18.7 Å². The van der Waals surface area contributed by atoms with E-state index in [0.717, 1.165) is 31.8 Å². The SMILES string of the molecule is O=C(/C=C/c1cccc(C(F)(F)F)c1)N1CCN(Cc2ccsc2)CC1. The number of alkyl halides is 3. The van der Waals surface area contributed by atoms with Crippen molar-refractivity contribution in [3.05, 3.63) is 63.9 Å². The van der Waals surface area contributed by atoms with Crippen LogP contribution in [0.2, 0.25) is 0 Å². The quantitative estimate of drug-likeness (QED) is 0.745. The van der Waals surface area contributed by atoms with E-state index in [1.807, 2.05) is 5.38 Å². The van der Waals surface area contributed by atoms with Crippen LogP contribution in [0.4, 0.5) is 13.2 Å². The number of piperazine rings is 1. The highest BCUT2D eigenvalue weighted by atomic mass is 32.1. The second-order valence-electron chi connectivity index (χ2n) is 6.19. The van der Waals surface area contributed by atoms with Crippen LogP contribution < -0.4 is 0 Å². The van der Waals surface area contributed by atoms with E-state index in [-0.39, 0.29) is 5.91 Å². The van der Waals surface area contributed by atoms with Gasteiger partial charge >= 0.3 is 6.18 Å². The lowest BCUT2D eigenvalue weighted by molar-refractivity contribution is -0.137. The minimum absolute atomic E-state index is 0.169. The molecule has 0 bridgehead atoms. The smallest absolute Gasteiger partial charge is 0.337 e. The third-order valence-electron chi connectivity index (χ3n) is 4.30. The van der Waals surface area contributed by atoms with Crippen molar-refractivity contribution in [2.75, 3.05) is 26.2 Å². The maximum absolute atomic E-state index is 12.7. The summed E-state index contributed by atoms with van der Waals surface area (Å²) >= 11 is 1.67. The number of amides is 1. The normalized spacial score (nSPS) is 16.3. The summed E-state index contributed by atoms with van der Waals surface area (Å²) in [6.07, 6.45) is -1.59. The van der Waals surface area contributed by atoms with Gasteiger partial charge in [-0.2, -0.15) is 24.5 Å². The van der Waals surface area contributed by atoms with E-state index >= 15 is 0 Å². The number of halogens is 3. The van der Waals surface area contributed by atoms with Crippen molar-refractivity contribution in [2.45, 2.75) is 12.7 Å². The van der Waals surface area contributed by atoms with Gasteiger partial charge in [-0.25, -0.2) is 0 Å². The van der Waals surface area contributed by atoms with Gasteiger partial charge in [0.2, 0.25) is 5.91 Å². The van der Waals surface area contributed by atoms with E-state index in [9.17, 15) is 18.0 Å². The van der Waals surface area contributed by atoms with E-state index in [2.05, 4.69) is 16.3 Å². The van der Waals surface area contributed by atoms with Gasteiger partial charge in [0.1, 0.15) is 0 Å². The Bertz CT molecular complexity index is 763. The van der Waals surface area contributed by atoms with Crippen LogP contribution in [0.15, 0.2) is 47.2 Å². The first-order valence-corrected chi connectivity index (χ1v) is 9.24. The number of benzene rings is 1. The Hall–Kier alpha value is -2.12. The van der Waals surface area contributed by atoms with Gasteiger partial charge in [0, 0.05) is 38.8 Å². The molecule has 0 aliphatic carbocycles. The van der Waals surface area contributed by atoms with E-state index < -0.39 is 11.7 Å². The molecule has 0 spiro atoms. The van der Waals surface area contributed by atoms with Crippen LogP contribution in [0, 0.1) is 0 Å². The Labute approximate surface area is 154 Å². The molecule has 0 unspecified atom stereocenters. The fraction of sp³-hybridized carbons (Fsp3) is 0.316. The monoisotopic (exact) mass is 380 g/mol. The van der Waals surface area contributed by atoms with E-state index in [1.54, 1.807) is 22.3 Å². The summed E-state index contributed by atoms with van der Waals surface area (Å²) in [7, 11) is 0. The number of carbonyl (C=O) groups is 1. The molecule has 1 aliphatic rings. The van der Waals surface area contributed by atoms with Gasteiger partial charge in [0.25, 0.3) is 0 Å². The molecule has 1 aromatic carbocycles. The molecule has 26 heavy (non-hydrogen) atoms. The third kappa shape index (κ3) is 4.95. The minimum atomic E-state index is -4.38. The average Bonchev–Trinajstić information content (AvgIpc) is 3.13. The van der Waals surface area contributed by atoms with Gasteiger partial charge in [-0.15, -0.1) is 0 Å². The molecule has 2 aromatic rings. The molecule has 1 fully saturated rings. The summed E-state index contributed by atoms with van der Waals surface area (Å²) in [5.74, 6) is -0.169. The maximum atomic E-state index is 12.7. The molecule has 0 radical (unpaired) electrons. The van der Waals surface area contributed by atoms with Crippen molar-refractivity contribution < 1.29 is 18.0 Å². The molecule has 138 valence electrons. The topological polar surface area (TPSA) is 23.6 Å². The largest absolute Gasteiger partial charge is 0.416 e. The van der Waals surface area contributed by atoms with Gasteiger partial charge in [-0.05, 0) is 46.2 Å². The van der Waals surface area contributed by atoms with Crippen molar-refractivity contribution >= 4 is 23.3 Å². The summed E-state index contributed by atoms with van der Waals surface area (Å²) in [4.78, 5) is 16.3. The fourth-order valence-electron chi connectivity index (χ4n) is 2.86. The van der Waals surface area contributed by atoms with Gasteiger partial charge in [0.05, 0.1) is 5.56 Å². The van der Waals surface area contributed by atoms with Crippen LogP contribution in [0.5, 0.6) is 0 Å². The summed E-state index contributed by atoms with van der Waals surface area (Å²) < 4.78 is 38.2. The Morgan fingerprint density at radius 2 is 1.92 bits per heavy atom. The van der Waals surface area contributed by atoms with Gasteiger partial charge in [-0.1, -0.05) is 12.1 Å². The first-order valence-electron chi connectivity index (χ1n) is 8.29. The first-order chi connectivity index (χ1) is 12.4. The maximum Gasteiger partial charge on any atom is 0.416 e. The standard InChI is InChI=1S/C19H19F3N2OS/c20-19(21,22)17-3-1-2-15(12-17)4-5-18(25)24-9-7-23(8-10-24)13-16-6-11-26-14-16/h1-6,11-12,14H,7-10,13H2/b5-4+. The molecule has 1 amide bonds.